The second-order valence-corrected chi connectivity index (χ2v) is 6.15. The monoisotopic (exact) mass is 305 g/mol. The van der Waals surface area contributed by atoms with Gasteiger partial charge in [0, 0.05) is 24.6 Å². The highest BCUT2D eigenvalue weighted by molar-refractivity contribution is 7.14. The van der Waals surface area contributed by atoms with Crippen LogP contribution in [0.25, 0.3) is 11.4 Å². The Morgan fingerprint density at radius 1 is 1.57 bits per heavy atom. The van der Waals surface area contributed by atoms with Crippen molar-refractivity contribution in [3.8, 4) is 11.4 Å². The summed E-state index contributed by atoms with van der Waals surface area (Å²) in [5.41, 5.74) is 1.82. The highest BCUT2D eigenvalue weighted by Crippen LogP contribution is 2.33. The Morgan fingerprint density at radius 3 is 3.14 bits per heavy atom. The molecule has 5 nitrogen and oxygen atoms in total. The number of carbonyl (C=O) groups excluding carboxylic acids is 1. The summed E-state index contributed by atoms with van der Waals surface area (Å²) in [5.74, 6) is 0.492. The van der Waals surface area contributed by atoms with Gasteiger partial charge in [0.2, 0.25) is 5.91 Å². The lowest BCUT2D eigenvalue weighted by atomic mass is 9.80. The quantitative estimate of drug-likeness (QED) is 0.860. The van der Waals surface area contributed by atoms with Gasteiger partial charge in [0.1, 0.15) is 0 Å². The molecule has 0 bridgehead atoms. The molecule has 1 aliphatic carbocycles. The van der Waals surface area contributed by atoms with Crippen LogP contribution in [0.3, 0.4) is 0 Å². The van der Waals surface area contributed by atoms with E-state index < -0.39 is 0 Å². The van der Waals surface area contributed by atoms with Gasteiger partial charge >= 0.3 is 0 Å². The number of aromatic nitrogens is 2. The fourth-order valence-electron chi connectivity index (χ4n) is 2.59. The molecule has 112 valence electrons. The van der Waals surface area contributed by atoms with Crippen molar-refractivity contribution in [2.45, 2.75) is 32.3 Å². The van der Waals surface area contributed by atoms with Gasteiger partial charge in [-0.25, -0.2) is 4.98 Å². The number of nitrogens with one attached hydrogen (secondary N) is 2. The third-order valence-electron chi connectivity index (χ3n) is 3.69. The van der Waals surface area contributed by atoms with Crippen molar-refractivity contribution in [2.24, 2.45) is 5.92 Å². The predicted molar refractivity (Wildman–Crippen MR) is 83.3 cm³/mol. The lowest BCUT2D eigenvalue weighted by Crippen LogP contribution is -2.33. The van der Waals surface area contributed by atoms with Crippen molar-refractivity contribution in [2.75, 3.05) is 11.9 Å². The van der Waals surface area contributed by atoms with Crippen molar-refractivity contribution in [3.63, 3.8) is 0 Å². The summed E-state index contributed by atoms with van der Waals surface area (Å²) >= 11 is 1.45. The number of hydrogen-bond acceptors (Lipinski definition) is 4. The van der Waals surface area contributed by atoms with Gasteiger partial charge in [-0.3, -0.25) is 4.79 Å². The standard InChI is InChI=1S/C15H19N3O2S/c1-2-20-11-6-10(7-11)8-14(19)18-15-17-13(9-21-15)12-4-3-5-16-12/h3-5,9-11,16H,2,6-8H2,1H3,(H,17,18,19). The number of thiazole rings is 1. The average molecular weight is 305 g/mol. The van der Waals surface area contributed by atoms with Crippen LogP contribution in [0.4, 0.5) is 5.13 Å². The molecular formula is C15H19N3O2S. The van der Waals surface area contributed by atoms with Crippen LogP contribution in [-0.2, 0) is 9.53 Å². The van der Waals surface area contributed by atoms with E-state index in [1.54, 1.807) is 0 Å². The Hall–Kier alpha value is -1.66. The Balaban J connectivity index is 1.47. The maximum Gasteiger partial charge on any atom is 0.226 e. The fourth-order valence-corrected chi connectivity index (χ4v) is 3.32. The first-order valence-corrected chi connectivity index (χ1v) is 8.13. The van der Waals surface area contributed by atoms with Gasteiger partial charge in [-0.05, 0) is 37.8 Å². The first kappa shape index (κ1) is 14.3. The summed E-state index contributed by atoms with van der Waals surface area (Å²) in [7, 11) is 0. The van der Waals surface area contributed by atoms with Crippen LogP contribution in [0.1, 0.15) is 26.2 Å². The van der Waals surface area contributed by atoms with E-state index in [-0.39, 0.29) is 5.91 Å². The second kappa shape index (κ2) is 6.41. The van der Waals surface area contributed by atoms with E-state index in [0.717, 1.165) is 30.8 Å². The molecule has 21 heavy (non-hydrogen) atoms. The summed E-state index contributed by atoms with van der Waals surface area (Å²) in [5, 5.41) is 5.48. The molecule has 0 aromatic carbocycles. The summed E-state index contributed by atoms with van der Waals surface area (Å²) < 4.78 is 5.51. The molecule has 1 amide bonds. The molecule has 0 aliphatic heterocycles. The number of aromatic amines is 1. The van der Waals surface area contributed by atoms with E-state index in [4.69, 9.17) is 4.74 Å². The van der Waals surface area contributed by atoms with Crippen molar-refractivity contribution in [3.05, 3.63) is 23.7 Å². The maximum absolute atomic E-state index is 12.0. The lowest BCUT2D eigenvalue weighted by Gasteiger charge is -2.34. The van der Waals surface area contributed by atoms with Gasteiger partial charge < -0.3 is 15.0 Å². The highest BCUT2D eigenvalue weighted by atomic mass is 32.1. The molecule has 3 rings (SSSR count). The molecule has 0 unspecified atom stereocenters. The highest BCUT2D eigenvalue weighted by Gasteiger charge is 2.31. The van der Waals surface area contributed by atoms with Crippen LogP contribution in [0, 0.1) is 5.92 Å². The van der Waals surface area contributed by atoms with Gasteiger partial charge in [0.05, 0.1) is 17.5 Å². The van der Waals surface area contributed by atoms with E-state index in [0.29, 0.717) is 23.6 Å². The van der Waals surface area contributed by atoms with E-state index in [1.165, 1.54) is 11.3 Å². The first-order valence-electron chi connectivity index (χ1n) is 7.25. The van der Waals surface area contributed by atoms with Gasteiger partial charge in [0.25, 0.3) is 0 Å². The first-order chi connectivity index (χ1) is 10.2. The summed E-state index contributed by atoms with van der Waals surface area (Å²) in [4.78, 5) is 19.5. The molecule has 0 radical (unpaired) electrons. The largest absolute Gasteiger partial charge is 0.378 e. The Kier molecular flexibility index (Phi) is 4.36. The third kappa shape index (κ3) is 3.51. The number of anilines is 1. The van der Waals surface area contributed by atoms with Crippen LogP contribution in [0.15, 0.2) is 23.7 Å². The molecule has 2 heterocycles. The number of rotatable bonds is 6. The van der Waals surface area contributed by atoms with Crippen LogP contribution < -0.4 is 5.32 Å². The molecule has 1 saturated carbocycles. The van der Waals surface area contributed by atoms with Gasteiger partial charge in [0.15, 0.2) is 5.13 Å². The fraction of sp³-hybridized carbons (Fsp3) is 0.467. The van der Waals surface area contributed by atoms with E-state index in [2.05, 4.69) is 15.3 Å². The van der Waals surface area contributed by atoms with Gasteiger partial charge in [-0.1, -0.05) is 0 Å². The molecule has 2 N–H and O–H groups in total. The molecule has 6 heteroatoms. The number of nitrogens with zero attached hydrogens (tertiary/aromatic N) is 1. The number of H-pyrrole nitrogens is 1. The molecule has 2 aromatic rings. The summed E-state index contributed by atoms with van der Waals surface area (Å²) in [6, 6.07) is 3.89. The number of carbonyl (C=O) groups is 1. The normalized spacial score (nSPS) is 21.0. The molecule has 2 aromatic heterocycles. The van der Waals surface area contributed by atoms with Crippen LogP contribution >= 0.6 is 11.3 Å². The minimum Gasteiger partial charge on any atom is -0.378 e. The number of ether oxygens (including phenoxy) is 1. The van der Waals surface area contributed by atoms with Gasteiger partial charge in [-0.15, -0.1) is 11.3 Å². The molecule has 1 fully saturated rings. The molecule has 0 atom stereocenters. The number of amides is 1. The molecule has 0 spiro atoms. The van der Waals surface area contributed by atoms with Crippen LogP contribution in [0.5, 0.6) is 0 Å². The third-order valence-corrected chi connectivity index (χ3v) is 4.45. The zero-order valence-electron chi connectivity index (χ0n) is 12.0. The minimum atomic E-state index is 0.0438. The lowest BCUT2D eigenvalue weighted by molar-refractivity contribution is -0.119. The molecule has 1 aliphatic rings. The maximum atomic E-state index is 12.0. The summed E-state index contributed by atoms with van der Waals surface area (Å²) in [6.45, 7) is 2.76. The van der Waals surface area contributed by atoms with Crippen molar-refractivity contribution < 1.29 is 9.53 Å². The Morgan fingerprint density at radius 2 is 2.43 bits per heavy atom. The van der Waals surface area contributed by atoms with Crippen LogP contribution in [-0.4, -0.2) is 28.6 Å². The van der Waals surface area contributed by atoms with Crippen molar-refractivity contribution >= 4 is 22.4 Å². The molecule has 0 saturated heterocycles. The Bertz CT molecular complexity index is 588. The zero-order valence-corrected chi connectivity index (χ0v) is 12.8. The smallest absolute Gasteiger partial charge is 0.226 e. The zero-order chi connectivity index (χ0) is 14.7. The van der Waals surface area contributed by atoms with Crippen molar-refractivity contribution in [1.82, 2.24) is 9.97 Å². The van der Waals surface area contributed by atoms with E-state index >= 15 is 0 Å². The SMILES string of the molecule is CCOC1CC(CC(=O)Nc2nc(-c3ccc[nH]3)cs2)C1. The van der Waals surface area contributed by atoms with Gasteiger partial charge in [-0.2, -0.15) is 0 Å². The summed E-state index contributed by atoms with van der Waals surface area (Å²) in [6.07, 6.45) is 4.76. The minimum absolute atomic E-state index is 0.0438. The van der Waals surface area contributed by atoms with Crippen molar-refractivity contribution in [1.29, 1.82) is 0 Å². The van der Waals surface area contributed by atoms with E-state index in [9.17, 15) is 4.79 Å². The topological polar surface area (TPSA) is 67.0 Å². The predicted octanol–water partition coefficient (Wildman–Crippen LogP) is 3.28. The second-order valence-electron chi connectivity index (χ2n) is 5.29. The Labute approximate surface area is 127 Å². The number of hydrogen-bond donors (Lipinski definition) is 2. The average Bonchev–Trinajstić information content (AvgIpc) is 3.06. The molecular weight excluding hydrogens is 286 g/mol. The van der Waals surface area contributed by atoms with E-state index in [1.807, 2.05) is 30.6 Å². The van der Waals surface area contributed by atoms with Crippen LogP contribution in [0.2, 0.25) is 0 Å².